The van der Waals surface area contributed by atoms with E-state index in [0.717, 1.165) is 6.42 Å². The molecule has 1 aromatic heterocycles. The third-order valence-electron chi connectivity index (χ3n) is 2.90. The molecule has 0 fully saturated rings. The molecule has 0 N–H and O–H groups in total. The molecule has 1 aromatic rings. The minimum Gasteiger partial charge on any atom is -0.464 e. The van der Waals surface area contributed by atoms with E-state index in [2.05, 4.69) is 23.6 Å². The van der Waals surface area contributed by atoms with Crippen molar-refractivity contribution in [2.24, 2.45) is 5.92 Å². The zero-order valence-corrected chi connectivity index (χ0v) is 13.5. The van der Waals surface area contributed by atoms with Crippen LogP contribution < -0.4 is 0 Å². The molecular weight excluding hydrogens is 296 g/mol. The minimum atomic E-state index is -0.618. The van der Waals surface area contributed by atoms with Gasteiger partial charge < -0.3 is 14.1 Å². The molecule has 0 spiro atoms. The highest BCUT2D eigenvalue weighted by Crippen LogP contribution is 2.12. The van der Waals surface area contributed by atoms with Crippen molar-refractivity contribution in [3.63, 3.8) is 0 Å². The minimum absolute atomic E-state index is 0.0858. The summed E-state index contributed by atoms with van der Waals surface area (Å²) in [4.78, 5) is 29.0. The molecule has 1 atom stereocenters. The summed E-state index contributed by atoms with van der Waals surface area (Å²) in [5.74, 6) is -0.0168. The van der Waals surface area contributed by atoms with E-state index in [0.29, 0.717) is 12.5 Å². The Balaban J connectivity index is 2.77. The van der Waals surface area contributed by atoms with Gasteiger partial charge in [-0.05, 0) is 19.3 Å². The van der Waals surface area contributed by atoms with Gasteiger partial charge in [-0.1, -0.05) is 13.8 Å². The summed E-state index contributed by atoms with van der Waals surface area (Å²) in [7, 11) is 1.27. The van der Waals surface area contributed by atoms with Gasteiger partial charge in [-0.2, -0.15) is 0 Å². The summed E-state index contributed by atoms with van der Waals surface area (Å²) in [6.45, 7) is 6.52. The number of carbonyl (C=O) groups is 2. The number of ether oxygens (including phenoxy) is 1. The zero-order chi connectivity index (χ0) is 16.0. The molecule has 0 saturated heterocycles. The number of hydrogen-bond acceptors (Lipinski definition) is 5. The molecule has 1 unspecified atom stereocenters. The van der Waals surface area contributed by atoms with Crippen LogP contribution >= 0.6 is 11.6 Å². The number of methoxy groups -OCH3 is 1. The van der Waals surface area contributed by atoms with Gasteiger partial charge in [0, 0.05) is 6.54 Å². The maximum absolute atomic E-state index is 12.1. The summed E-state index contributed by atoms with van der Waals surface area (Å²) in [5.41, 5.74) is 0.0858. The number of carbonyl (C=O) groups excluding carboxylic acids is 2. The number of esters is 1. The average molecular weight is 317 g/mol. The van der Waals surface area contributed by atoms with Crippen molar-refractivity contribution in [2.45, 2.75) is 39.1 Å². The third kappa shape index (κ3) is 5.38. The third-order valence-corrected chi connectivity index (χ3v) is 3.09. The topological polar surface area (TPSA) is 72.6 Å². The van der Waals surface area contributed by atoms with Crippen LogP contribution in [0, 0.1) is 5.92 Å². The smallest absolute Gasteiger partial charge is 0.360 e. The first-order valence-electron chi connectivity index (χ1n) is 6.80. The number of aromatic nitrogens is 1. The first kappa shape index (κ1) is 17.5. The van der Waals surface area contributed by atoms with Crippen molar-refractivity contribution >= 4 is 23.5 Å². The molecule has 118 valence electrons. The molecule has 21 heavy (non-hydrogen) atoms. The van der Waals surface area contributed by atoms with Gasteiger partial charge in [0.05, 0.1) is 13.7 Å². The van der Waals surface area contributed by atoms with Gasteiger partial charge in [0.2, 0.25) is 11.8 Å². The number of amides is 1. The van der Waals surface area contributed by atoms with Crippen LogP contribution in [0.25, 0.3) is 0 Å². The van der Waals surface area contributed by atoms with Crippen LogP contribution in [-0.2, 0) is 16.1 Å². The second kappa shape index (κ2) is 8.02. The Labute approximate surface area is 129 Å². The summed E-state index contributed by atoms with van der Waals surface area (Å²) in [6.07, 6.45) is 2.07. The van der Waals surface area contributed by atoms with E-state index >= 15 is 0 Å². The van der Waals surface area contributed by atoms with Crippen LogP contribution in [0.2, 0.25) is 0 Å². The molecule has 1 amide bonds. The maximum atomic E-state index is 12.1. The molecule has 6 nitrogen and oxygen atoms in total. The monoisotopic (exact) mass is 316 g/mol. The average Bonchev–Trinajstić information content (AvgIpc) is 2.89. The predicted octanol–water partition coefficient (Wildman–Crippen LogP) is 2.46. The van der Waals surface area contributed by atoms with E-state index in [1.807, 2.05) is 0 Å². The van der Waals surface area contributed by atoms with E-state index in [4.69, 9.17) is 16.0 Å². The summed E-state index contributed by atoms with van der Waals surface area (Å²) in [6, 6.07) is 0. The van der Waals surface area contributed by atoms with Crippen LogP contribution in [0.1, 0.15) is 43.6 Å². The number of rotatable bonds is 7. The fraction of sp³-hybridized carbons (Fsp3) is 0.643. The fourth-order valence-corrected chi connectivity index (χ4v) is 1.82. The first-order chi connectivity index (χ1) is 9.85. The molecule has 0 aliphatic heterocycles. The molecule has 0 saturated carbocycles. The van der Waals surface area contributed by atoms with E-state index < -0.39 is 11.3 Å². The lowest BCUT2D eigenvalue weighted by molar-refractivity contribution is -0.131. The van der Waals surface area contributed by atoms with Crippen molar-refractivity contribution < 1.29 is 18.7 Å². The van der Waals surface area contributed by atoms with E-state index in [-0.39, 0.29) is 24.0 Å². The molecule has 0 bridgehead atoms. The van der Waals surface area contributed by atoms with Crippen LogP contribution in [0.15, 0.2) is 10.7 Å². The Morgan fingerprint density at radius 2 is 2.10 bits per heavy atom. The number of nitrogens with zero attached hydrogens (tertiary/aromatic N) is 2. The first-order valence-corrected chi connectivity index (χ1v) is 7.24. The zero-order valence-electron chi connectivity index (χ0n) is 12.8. The Bertz CT molecular complexity index is 485. The lowest BCUT2D eigenvalue weighted by Crippen LogP contribution is -2.36. The standard InChI is InChI=1S/C14H21ClN2O4/c1-9(2)5-6-17(13(18)10(3)15)7-12-16-11(8-21-12)14(19)20-4/h8-10H,5-7H2,1-4H3. The van der Waals surface area contributed by atoms with Gasteiger partial charge in [-0.15, -0.1) is 11.6 Å². The summed E-state index contributed by atoms with van der Waals surface area (Å²) < 4.78 is 9.76. The molecule has 1 heterocycles. The molecule has 0 aromatic carbocycles. The SMILES string of the molecule is COC(=O)c1coc(CN(CCC(C)C)C(=O)C(C)Cl)n1. The second-order valence-corrected chi connectivity index (χ2v) is 5.83. The predicted molar refractivity (Wildman–Crippen MR) is 78.0 cm³/mol. The van der Waals surface area contributed by atoms with Gasteiger partial charge in [0.15, 0.2) is 5.69 Å². The van der Waals surface area contributed by atoms with E-state index in [1.54, 1.807) is 11.8 Å². The van der Waals surface area contributed by atoms with Crippen molar-refractivity contribution in [2.75, 3.05) is 13.7 Å². The highest BCUT2D eigenvalue weighted by atomic mass is 35.5. The molecular formula is C14H21ClN2O4. The van der Waals surface area contributed by atoms with E-state index in [1.165, 1.54) is 13.4 Å². The second-order valence-electron chi connectivity index (χ2n) is 5.18. The van der Waals surface area contributed by atoms with Gasteiger partial charge in [0.1, 0.15) is 11.6 Å². The molecule has 1 rings (SSSR count). The fourth-order valence-electron chi connectivity index (χ4n) is 1.68. The van der Waals surface area contributed by atoms with E-state index in [9.17, 15) is 9.59 Å². The number of alkyl halides is 1. The van der Waals surface area contributed by atoms with Crippen molar-refractivity contribution in [3.8, 4) is 0 Å². The Morgan fingerprint density at radius 3 is 2.62 bits per heavy atom. The Hall–Kier alpha value is -1.56. The normalized spacial score (nSPS) is 12.3. The highest BCUT2D eigenvalue weighted by molar-refractivity contribution is 6.30. The van der Waals surface area contributed by atoms with Crippen LogP contribution in [0.4, 0.5) is 0 Å². The Kier molecular flexibility index (Phi) is 6.68. The Morgan fingerprint density at radius 1 is 1.43 bits per heavy atom. The van der Waals surface area contributed by atoms with Crippen LogP contribution in [0.3, 0.4) is 0 Å². The lowest BCUT2D eigenvalue weighted by atomic mass is 10.1. The van der Waals surface area contributed by atoms with Crippen LogP contribution in [-0.4, -0.2) is 40.8 Å². The maximum Gasteiger partial charge on any atom is 0.360 e. The summed E-state index contributed by atoms with van der Waals surface area (Å²) in [5, 5.41) is -0.618. The van der Waals surface area contributed by atoms with Gasteiger partial charge in [0.25, 0.3) is 0 Å². The molecule has 0 aliphatic carbocycles. The van der Waals surface area contributed by atoms with Crippen LogP contribution in [0.5, 0.6) is 0 Å². The van der Waals surface area contributed by atoms with Crippen molar-refractivity contribution in [3.05, 3.63) is 17.8 Å². The van der Waals surface area contributed by atoms with Crippen molar-refractivity contribution in [1.29, 1.82) is 0 Å². The van der Waals surface area contributed by atoms with Gasteiger partial charge in [-0.3, -0.25) is 4.79 Å². The lowest BCUT2D eigenvalue weighted by Gasteiger charge is -2.23. The quantitative estimate of drug-likeness (QED) is 0.570. The highest BCUT2D eigenvalue weighted by Gasteiger charge is 2.22. The molecule has 0 aliphatic rings. The largest absolute Gasteiger partial charge is 0.464 e. The van der Waals surface area contributed by atoms with Crippen molar-refractivity contribution in [1.82, 2.24) is 9.88 Å². The number of hydrogen-bond donors (Lipinski definition) is 0. The molecule has 7 heteroatoms. The van der Waals surface area contributed by atoms with Gasteiger partial charge in [-0.25, -0.2) is 9.78 Å². The summed E-state index contributed by atoms with van der Waals surface area (Å²) >= 11 is 5.87. The number of halogens is 1. The number of oxazole rings is 1. The molecule has 0 radical (unpaired) electrons. The van der Waals surface area contributed by atoms with Gasteiger partial charge >= 0.3 is 5.97 Å².